The molecule has 1 atom stereocenters. The third kappa shape index (κ3) is 8.28. The lowest BCUT2D eigenvalue weighted by Crippen LogP contribution is -2.30. The summed E-state index contributed by atoms with van der Waals surface area (Å²) < 4.78 is 0. The fraction of sp³-hybridized carbons (Fsp3) is 0.900. The van der Waals surface area contributed by atoms with Crippen molar-refractivity contribution in [2.75, 3.05) is 6.54 Å². The number of amides is 1. The van der Waals surface area contributed by atoms with Gasteiger partial charge < -0.3 is 5.32 Å². The Morgan fingerprint density at radius 2 is 1.92 bits per heavy atom. The number of rotatable bonds is 7. The molecule has 1 unspecified atom stereocenters. The third-order valence-electron chi connectivity index (χ3n) is 1.94. The SMILES string of the molecule is CCCCCCCNC(=O)C(C)Br. The minimum absolute atomic E-state index is 0.0665. The molecule has 0 aromatic carbocycles. The summed E-state index contributed by atoms with van der Waals surface area (Å²) in [5.74, 6) is 0.0930. The highest BCUT2D eigenvalue weighted by Crippen LogP contribution is 2.01. The first-order chi connectivity index (χ1) is 6.18. The lowest BCUT2D eigenvalue weighted by atomic mass is 10.1. The lowest BCUT2D eigenvalue weighted by Gasteiger charge is -2.05. The Labute approximate surface area is 89.6 Å². The summed E-state index contributed by atoms with van der Waals surface area (Å²) >= 11 is 3.22. The van der Waals surface area contributed by atoms with E-state index in [1.165, 1.54) is 25.7 Å². The van der Waals surface area contributed by atoms with E-state index >= 15 is 0 Å². The maximum Gasteiger partial charge on any atom is 0.233 e. The summed E-state index contributed by atoms with van der Waals surface area (Å²) in [6, 6.07) is 0. The second-order valence-electron chi connectivity index (χ2n) is 3.32. The zero-order valence-electron chi connectivity index (χ0n) is 8.61. The van der Waals surface area contributed by atoms with Crippen molar-refractivity contribution in [2.45, 2.75) is 50.8 Å². The van der Waals surface area contributed by atoms with Crippen molar-refractivity contribution < 1.29 is 4.79 Å². The van der Waals surface area contributed by atoms with Crippen LogP contribution in [0.4, 0.5) is 0 Å². The molecule has 0 bridgehead atoms. The zero-order valence-corrected chi connectivity index (χ0v) is 10.2. The Morgan fingerprint density at radius 3 is 2.46 bits per heavy atom. The highest BCUT2D eigenvalue weighted by molar-refractivity contribution is 9.10. The average Bonchev–Trinajstić information content (AvgIpc) is 2.10. The summed E-state index contributed by atoms with van der Waals surface area (Å²) in [5.41, 5.74) is 0. The van der Waals surface area contributed by atoms with Gasteiger partial charge in [-0.3, -0.25) is 4.79 Å². The van der Waals surface area contributed by atoms with Crippen molar-refractivity contribution in [1.82, 2.24) is 5.32 Å². The highest BCUT2D eigenvalue weighted by Gasteiger charge is 2.05. The van der Waals surface area contributed by atoms with E-state index in [4.69, 9.17) is 0 Å². The summed E-state index contributed by atoms with van der Waals surface area (Å²) in [6.07, 6.45) is 6.19. The normalized spacial score (nSPS) is 12.5. The van der Waals surface area contributed by atoms with Crippen LogP contribution in [0.3, 0.4) is 0 Å². The summed E-state index contributed by atoms with van der Waals surface area (Å²) in [5, 5.41) is 2.87. The third-order valence-corrected chi connectivity index (χ3v) is 2.36. The minimum atomic E-state index is -0.0665. The number of unbranched alkanes of at least 4 members (excludes halogenated alkanes) is 4. The number of carbonyl (C=O) groups excluding carboxylic acids is 1. The van der Waals surface area contributed by atoms with Gasteiger partial charge in [-0.1, -0.05) is 48.5 Å². The van der Waals surface area contributed by atoms with Gasteiger partial charge in [-0.15, -0.1) is 0 Å². The minimum Gasteiger partial charge on any atom is -0.355 e. The van der Waals surface area contributed by atoms with Gasteiger partial charge in [0.1, 0.15) is 0 Å². The smallest absolute Gasteiger partial charge is 0.233 e. The monoisotopic (exact) mass is 249 g/mol. The standard InChI is InChI=1S/C10H20BrNO/c1-3-4-5-6-7-8-12-10(13)9(2)11/h9H,3-8H2,1-2H3,(H,12,13). The van der Waals surface area contributed by atoms with Gasteiger partial charge in [-0.2, -0.15) is 0 Å². The van der Waals surface area contributed by atoms with Gasteiger partial charge >= 0.3 is 0 Å². The van der Waals surface area contributed by atoms with E-state index in [0.717, 1.165) is 13.0 Å². The van der Waals surface area contributed by atoms with Gasteiger partial charge in [-0.05, 0) is 13.3 Å². The van der Waals surface area contributed by atoms with Crippen LogP contribution in [0.15, 0.2) is 0 Å². The topological polar surface area (TPSA) is 29.1 Å². The molecule has 13 heavy (non-hydrogen) atoms. The lowest BCUT2D eigenvalue weighted by molar-refractivity contribution is -0.120. The molecule has 0 spiro atoms. The molecule has 2 nitrogen and oxygen atoms in total. The molecular weight excluding hydrogens is 230 g/mol. The van der Waals surface area contributed by atoms with Crippen molar-refractivity contribution in [3.63, 3.8) is 0 Å². The predicted octanol–water partition coefficient (Wildman–Crippen LogP) is 2.86. The van der Waals surface area contributed by atoms with Crippen LogP contribution in [0.5, 0.6) is 0 Å². The highest BCUT2D eigenvalue weighted by atomic mass is 79.9. The van der Waals surface area contributed by atoms with Crippen LogP contribution in [-0.4, -0.2) is 17.3 Å². The maximum atomic E-state index is 11.1. The Balaban J connectivity index is 3.12. The molecule has 0 radical (unpaired) electrons. The van der Waals surface area contributed by atoms with Crippen molar-refractivity contribution in [1.29, 1.82) is 0 Å². The molecule has 0 fully saturated rings. The Morgan fingerprint density at radius 1 is 1.31 bits per heavy atom. The van der Waals surface area contributed by atoms with E-state index in [1.54, 1.807) is 0 Å². The fourth-order valence-electron chi connectivity index (χ4n) is 1.08. The Hall–Kier alpha value is -0.0500. The summed E-state index contributed by atoms with van der Waals surface area (Å²) in [6.45, 7) is 4.86. The predicted molar refractivity (Wildman–Crippen MR) is 60.2 cm³/mol. The van der Waals surface area contributed by atoms with Gasteiger partial charge in [0.2, 0.25) is 5.91 Å². The van der Waals surface area contributed by atoms with E-state index in [0.29, 0.717) is 0 Å². The fourth-order valence-corrected chi connectivity index (χ4v) is 1.24. The van der Waals surface area contributed by atoms with E-state index in [9.17, 15) is 4.79 Å². The average molecular weight is 250 g/mol. The van der Waals surface area contributed by atoms with Crippen LogP contribution < -0.4 is 5.32 Å². The molecule has 0 aliphatic carbocycles. The molecule has 0 saturated heterocycles. The first-order valence-electron chi connectivity index (χ1n) is 5.10. The molecule has 0 aromatic rings. The molecule has 0 heterocycles. The molecule has 1 amide bonds. The number of carbonyl (C=O) groups is 1. The van der Waals surface area contributed by atoms with Crippen molar-refractivity contribution in [3.8, 4) is 0 Å². The number of nitrogens with one attached hydrogen (secondary N) is 1. The van der Waals surface area contributed by atoms with Crippen LogP contribution in [0.2, 0.25) is 0 Å². The maximum absolute atomic E-state index is 11.1. The Kier molecular flexibility index (Phi) is 8.51. The molecule has 3 heteroatoms. The number of hydrogen-bond donors (Lipinski definition) is 1. The van der Waals surface area contributed by atoms with Crippen LogP contribution in [0.1, 0.15) is 46.0 Å². The second-order valence-corrected chi connectivity index (χ2v) is 4.69. The number of halogens is 1. The molecule has 0 aliphatic heterocycles. The van der Waals surface area contributed by atoms with Crippen LogP contribution in [0.25, 0.3) is 0 Å². The van der Waals surface area contributed by atoms with Crippen LogP contribution in [0, 0.1) is 0 Å². The molecule has 78 valence electrons. The quantitative estimate of drug-likeness (QED) is 0.546. The van der Waals surface area contributed by atoms with E-state index < -0.39 is 0 Å². The summed E-state index contributed by atoms with van der Waals surface area (Å²) in [4.78, 5) is 11.0. The zero-order chi connectivity index (χ0) is 10.1. The number of hydrogen-bond acceptors (Lipinski definition) is 1. The first kappa shape index (κ1) is 12.9. The largest absolute Gasteiger partial charge is 0.355 e. The van der Waals surface area contributed by atoms with Gasteiger partial charge in [0.05, 0.1) is 4.83 Å². The van der Waals surface area contributed by atoms with Gasteiger partial charge in [-0.25, -0.2) is 0 Å². The van der Waals surface area contributed by atoms with Crippen LogP contribution >= 0.6 is 15.9 Å². The van der Waals surface area contributed by atoms with Gasteiger partial charge in [0.15, 0.2) is 0 Å². The molecule has 0 rings (SSSR count). The van der Waals surface area contributed by atoms with Crippen molar-refractivity contribution in [3.05, 3.63) is 0 Å². The molecule has 0 aromatic heterocycles. The molecule has 1 N–H and O–H groups in total. The molecule has 0 aliphatic rings. The van der Waals surface area contributed by atoms with Crippen molar-refractivity contribution >= 4 is 21.8 Å². The van der Waals surface area contributed by atoms with E-state index in [-0.39, 0.29) is 10.7 Å². The molecular formula is C10H20BrNO. The first-order valence-corrected chi connectivity index (χ1v) is 6.01. The second kappa shape index (κ2) is 8.54. The van der Waals surface area contributed by atoms with Gasteiger partial charge in [0.25, 0.3) is 0 Å². The van der Waals surface area contributed by atoms with Crippen molar-refractivity contribution in [2.24, 2.45) is 0 Å². The number of alkyl halides is 1. The summed E-state index contributed by atoms with van der Waals surface area (Å²) in [7, 11) is 0. The van der Waals surface area contributed by atoms with E-state index in [1.807, 2.05) is 6.92 Å². The van der Waals surface area contributed by atoms with E-state index in [2.05, 4.69) is 28.2 Å². The molecule has 0 saturated carbocycles. The van der Waals surface area contributed by atoms with Crippen LogP contribution in [-0.2, 0) is 4.79 Å². The Bertz CT molecular complexity index is 137. The van der Waals surface area contributed by atoms with Gasteiger partial charge in [0, 0.05) is 6.54 Å².